The van der Waals surface area contributed by atoms with E-state index >= 15 is 0 Å². The summed E-state index contributed by atoms with van der Waals surface area (Å²) in [6, 6.07) is 0. The molecule has 4 N–H and O–H groups in total. The number of nitrogens with zero attached hydrogens (tertiary/aromatic N) is 2. The Kier molecular flexibility index (Phi) is 4.52. The molecule has 6 nitrogen and oxygen atoms in total. The monoisotopic (exact) mass is 283 g/mol. The van der Waals surface area contributed by atoms with Crippen molar-refractivity contribution in [3.05, 3.63) is 11.3 Å². The van der Waals surface area contributed by atoms with Gasteiger partial charge in [0.15, 0.2) is 0 Å². The van der Waals surface area contributed by atoms with E-state index < -0.39 is 0 Å². The van der Waals surface area contributed by atoms with Crippen LogP contribution in [0, 0.1) is 6.92 Å². The van der Waals surface area contributed by atoms with Crippen LogP contribution in [-0.4, -0.2) is 32.8 Å². The number of rotatable bonds is 4. The Bertz CT molecular complexity index is 501. The number of aryl methyl sites for hydroxylation is 2. The molecular weight excluding hydrogens is 262 g/mol. The second kappa shape index (κ2) is 5.56. The summed E-state index contributed by atoms with van der Waals surface area (Å²) < 4.78 is 1.63. The molecule has 0 fully saturated rings. The molecule has 0 aliphatic carbocycles. The lowest BCUT2D eigenvalue weighted by Crippen LogP contribution is -2.43. The first kappa shape index (κ1) is 15.4. The second-order valence-electron chi connectivity index (χ2n) is 5.45. The van der Waals surface area contributed by atoms with Gasteiger partial charge >= 0.3 is 0 Å². The molecule has 0 bridgehead atoms. The van der Waals surface area contributed by atoms with Gasteiger partial charge in [0, 0.05) is 12.6 Å². The average Bonchev–Trinajstić information content (AvgIpc) is 2.47. The molecule has 7 heteroatoms. The second-order valence-corrected chi connectivity index (χ2v) is 5.89. The summed E-state index contributed by atoms with van der Waals surface area (Å²) >= 11 is 5.00. The van der Waals surface area contributed by atoms with E-state index in [1.54, 1.807) is 11.7 Å². The standard InChI is InChI=1S/C12H21N5OS/c1-7-9(10(13)19)11(17(5)16-7)14-6-8(18)15-12(2,3)4/h14H,6H2,1-5H3,(H2,13,19)(H,15,18). The van der Waals surface area contributed by atoms with Crippen molar-refractivity contribution in [1.82, 2.24) is 15.1 Å². The number of hydrogen-bond donors (Lipinski definition) is 3. The maximum atomic E-state index is 11.8. The Morgan fingerprint density at radius 3 is 2.53 bits per heavy atom. The first-order chi connectivity index (χ1) is 8.61. The quantitative estimate of drug-likeness (QED) is 0.708. The third-order valence-electron chi connectivity index (χ3n) is 2.40. The normalized spacial score (nSPS) is 11.2. The third-order valence-corrected chi connectivity index (χ3v) is 2.60. The van der Waals surface area contributed by atoms with Crippen LogP contribution in [0.2, 0.25) is 0 Å². The van der Waals surface area contributed by atoms with E-state index in [4.69, 9.17) is 18.0 Å². The first-order valence-corrected chi connectivity index (χ1v) is 6.41. The highest BCUT2D eigenvalue weighted by Crippen LogP contribution is 2.18. The van der Waals surface area contributed by atoms with Crippen molar-refractivity contribution in [2.75, 3.05) is 11.9 Å². The van der Waals surface area contributed by atoms with Gasteiger partial charge in [0.25, 0.3) is 0 Å². The van der Waals surface area contributed by atoms with Crippen LogP contribution in [0.5, 0.6) is 0 Å². The Labute approximate surface area is 118 Å². The molecule has 1 amide bonds. The number of aromatic nitrogens is 2. The van der Waals surface area contributed by atoms with Crippen molar-refractivity contribution in [1.29, 1.82) is 0 Å². The van der Waals surface area contributed by atoms with Crippen molar-refractivity contribution in [3.8, 4) is 0 Å². The van der Waals surface area contributed by atoms with Crippen LogP contribution in [0.15, 0.2) is 0 Å². The Morgan fingerprint density at radius 1 is 1.47 bits per heavy atom. The van der Waals surface area contributed by atoms with Crippen LogP contribution in [0.4, 0.5) is 5.82 Å². The van der Waals surface area contributed by atoms with E-state index in [0.717, 1.165) is 5.69 Å². The highest BCUT2D eigenvalue weighted by Gasteiger charge is 2.18. The van der Waals surface area contributed by atoms with E-state index in [0.29, 0.717) is 11.4 Å². The zero-order valence-corrected chi connectivity index (χ0v) is 12.8. The fourth-order valence-electron chi connectivity index (χ4n) is 1.78. The fourth-order valence-corrected chi connectivity index (χ4v) is 2.03. The summed E-state index contributed by atoms with van der Waals surface area (Å²) in [7, 11) is 1.78. The van der Waals surface area contributed by atoms with Crippen LogP contribution in [0.3, 0.4) is 0 Å². The molecule has 19 heavy (non-hydrogen) atoms. The molecule has 1 aromatic rings. The van der Waals surface area contributed by atoms with E-state index in [9.17, 15) is 4.79 Å². The lowest BCUT2D eigenvalue weighted by atomic mass is 10.1. The molecule has 1 aromatic heterocycles. The number of hydrogen-bond acceptors (Lipinski definition) is 4. The summed E-state index contributed by atoms with van der Waals surface area (Å²) in [5.74, 6) is 0.564. The van der Waals surface area contributed by atoms with Crippen LogP contribution in [-0.2, 0) is 11.8 Å². The van der Waals surface area contributed by atoms with Gasteiger partial charge in [-0.2, -0.15) is 5.10 Å². The zero-order chi connectivity index (χ0) is 14.8. The van der Waals surface area contributed by atoms with Gasteiger partial charge in [-0.1, -0.05) is 12.2 Å². The maximum absolute atomic E-state index is 11.8. The number of carbonyl (C=O) groups excluding carboxylic acids is 1. The summed E-state index contributed by atoms with van der Waals surface area (Å²) in [5, 5.41) is 10.1. The van der Waals surface area contributed by atoms with Gasteiger partial charge in [0.2, 0.25) is 5.91 Å². The molecule has 0 aliphatic heterocycles. The average molecular weight is 283 g/mol. The number of thiocarbonyl (C=S) groups is 1. The summed E-state index contributed by atoms with van der Waals surface area (Å²) in [6.45, 7) is 7.76. The topological polar surface area (TPSA) is 85.0 Å². The molecule has 0 saturated carbocycles. The molecule has 0 spiro atoms. The largest absolute Gasteiger partial charge is 0.389 e. The molecule has 1 heterocycles. The van der Waals surface area contributed by atoms with Crippen molar-refractivity contribution in [2.45, 2.75) is 33.2 Å². The molecule has 0 unspecified atom stereocenters. The highest BCUT2D eigenvalue weighted by atomic mass is 32.1. The molecule has 0 aromatic carbocycles. The highest BCUT2D eigenvalue weighted by molar-refractivity contribution is 7.80. The van der Waals surface area contributed by atoms with Crippen molar-refractivity contribution in [2.24, 2.45) is 12.8 Å². The van der Waals surface area contributed by atoms with E-state index in [1.165, 1.54) is 0 Å². The molecule has 1 rings (SSSR count). The lowest BCUT2D eigenvalue weighted by molar-refractivity contribution is -0.120. The third kappa shape index (κ3) is 4.20. The van der Waals surface area contributed by atoms with Gasteiger partial charge in [0.05, 0.1) is 17.8 Å². The van der Waals surface area contributed by atoms with E-state index in [-0.39, 0.29) is 23.0 Å². The molecule has 0 aliphatic rings. The van der Waals surface area contributed by atoms with Gasteiger partial charge in [-0.05, 0) is 27.7 Å². The van der Waals surface area contributed by atoms with Gasteiger partial charge in [-0.15, -0.1) is 0 Å². The number of carbonyl (C=O) groups is 1. The van der Waals surface area contributed by atoms with Gasteiger partial charge in [-0.3, -0.25) is 9.48 Å². The van der Waals surface area contributed by atoms with Crippen molar-refractivity contribution in [3.63, 3.8) is 0 Å². The lowest BCUT2D eigenvalue weighted by Gasteiger charge is -2.20. The van der Waals surface area contributed by atoms with Crippen molar-refractivity contribution >= 4 is 28.9 Å². The fraction of sp³-hybridized carbons (Fsp3) is 0.583. The zero-order valence-electron chi connectivity index (χ0n) is 12.0. The number of anilines is 1. The molecule has 0 radical (unpaired) electrons. The van der Waals surface area contributed by atoms with Gasteiger partial charge in [0.1, 0.15) is 10.8 Å². The molecule has 0 saturated heterocycles. The van der Waals surface area contributed by atoms with E-state index in [2.05, 4.69) is 15.7 Å². The summed E-state index contributed by atoms with van der Waals surface area (Å²) in [6.07, 6.45) is 0. The Hall–Kier alpha value is -1.63. The smallest absolute Gasteiger partial charge is 0.239 e. The first-order valence-electron chi connectivity index (χ1n) is 6.00. The van der Waals surface area contributed by atoms with Crippen molar-refractivity contribution < 1.29 is 4.79 Å². The van der Waals surface area contributed by atoms with Crippen LogP contribution in [0.1, 0.15) is 32.0 Å². The summed E-state index contributed by atoms with van der Waals surface area (Å²) in [5.41, 5.74) is 6.84. The predicted molar refractivity (Wildman–Crippen MR) is 80.2 cm³/mol. The van der Waals surface area contributed by atoms with Crippen LogP contribution in [0.25, 0.3) is 0 Å². The minimum absolute atomic E-state index is 0.0970. The van der Waals surface area contributed by atoms with E-state index in [1.807, 2.05) is 27.7 Å². The van der Waals surface area contributed by atoms with Crippen LogP contribution < -0.4 is 16.4 Å². The number of nitrogens with one attached hydrogen (secondary N) is 2. The number of nitrogens with two attached hydrogens (primary N) is 1. The minimum atomic E-state index is -0.257. The van der Waals surface area contributed by atoms with Crippen LogP contribution >= 0.6 is 12.2 Å². The maximum Gasteiger partial charge on any atom is 0.239 e. The molecule has 106 valence electrons. The van der Waals surface area contributed by atoms with Gasteiger partial charge in [-0.25, -0.2) is 0 Å². The number of amides is 1. The minimum Gasteiger partial charge on any atom is -0.389 e. The summed E-state index contributed by atoms with van der Waals surface area (Å²) in [4.78, 5) is 12.0. The Balaban J connectivity index is 2.79. The van der Waals surface area contributed by atoms with Gasteiger partial charge < -0.3 is 16.4 Å². The predicted octanol–water partition coefficient (Wildman–Crippen LogP) is 0.689. The SMILES string of the molecule is Cc1nn(C)c(NCC(=O)NC(C)(C)C)c1C(N)=S. The molecular formula is C12H21N5OS. The molecule has 0 atom stereocenters. The Morgan fingerprint density at radius 2 is 2.05 bits per heavy atom.